The van der Waals surface area contributed by atoms with Gasteiger partial charge < -0.3 is 4.74 Å². The van der Waals surface area contributed by atoms with Gasteiger partial charge in [0.05, 0.1) is 5.33 Å². The highest BCUT2D eigenvalue weighted by molar-refractivity contribution is 9.09. The van der Waals surface area contributed by atoms with E-state index in [1.165, 1.54) is 5.56 Å². The molecule has 3 rings (SSSR count). The maximum absolute atomic E-state index is 11.2. The molecule has 1 atom stereocenters. The molecule has 0 fully saturated rings. The van der Waals surface area contributed by atoms with Crippen molar-refractivity contribution < 1.29 is 14.1 Å². The second-order valence-electron chi connectivity index (χ2n) is 4.57. The Morgan fingerprint density at radius 1 is 1.50 bits per heavy atom. The number of aldehydes is 1. The number of carbonyl (C=O) groups excluding carboxylic acids is 1. The molecule has 0 N–H and O–H groups in total. The van der Waals surface area contributed by atoms with Crippen LogP contribution in [0.15, 0.2) is 24.3 Å². The van der Waals surface area contributed by atoms with Crippen molar-refractivity contribution >= 4 is 33.1 Å². The summed E-state index contributed by atoms with van der Waals surface area (Å²) < 4.78 is 7.80. The largest absolute Gasteiger partial charge is 0.437 e. The van der Waals surface area contributed by atoms with Gasteiger partial charge >= 0.3 is 5.88 Å². The number of hydrogen-bond acceptors (Lipinski definition) is 2. The topological polar surface area (TPSA) is 30.2 Å². The SMILES string of the molecule is Cc1ccc2cc(C=O)c3[n+](c2c1)C(CBr)CO3. The highest BCUT2D eigenvalue weighted by Gasteiger charge is 2.36. The number of ether oxygens (including phenoxy) is 1. The van der Waals surface area contributed by atoms with E-state index in [1.807, 2.05) is 6.07 Å². The third kappa shape index (κ3) is 1.63. The van der Waals surface area contributed by atoms with Gasteiger partial charge in [-0.3, -0.25) is 4.79 Å². The first kappa shape index (κ1) is 11.7. The number of carbonyl (C=O) groups is 1. The molecular formula is C14H13BrNO2+. The quantitative estimate of drug-likeness (QED) is 0.485. The molecule has 2 heterocycles. The van der Waals surface area contributed by atoms with Crippen LogP contribution in [0.4, 0.5) is 0 Å². The number of hydrogen-bond donors (Lipinski definition) is 0. The van der Waals surface area contributed by atoms with Crippen molar-refractivity contribution in [2.45, 2.75) is 13.0 Å². The Labute approximate surface area is 114 Å². The Bertz CT molecular complexity index is 639. The molecule has 0 saturated carbocycles. The molecule has 4 heteroatoms. The zero-order valence-electron chi connectivity index (χ0n) is 10.0. The van der Waals surface area contributed by atoms with E-state index in [0.29, 0.717) is 18.1 Å². The maximum atomic E-state index is 11.2. The normalized spacial score (nSPS) is 17.6. The van der Waals surface area contributed by atoms with Gasteiger partial charge in [-0.15, -0.1) is 0 Å². The van der Waals surface area contributed by atoms with E-state index < -0.39 is 0 Å². The Kier molecular flexibility index (Phi) is 2.82. The molecule has 1 aromatic heterocycles. The fourth-order valence-corrected chi connectivity index (χ4v) is 2.90. The minimum absolute atomic E-state index is 0.240. The van der Waals surface area contributed by atoms with Gasteiger partial charge in [-0.05, 0) is 24.6 Å². The molecular weight excluding hydrogens is 294 g/mol. The van der Waals surface area contributed by atoms with E-state index in [9.17, 15) is 4.79 Å². The molecule has 18 heavy (non-hydrogen) atoms. The third-order valence-electron chi connectivity index (χ3n) is 3.30. The van der Waals surface area contributed by atoms with Crippen molar-refractivity contribution in [1.29, 1.82) is 0 Å². The summed E-state index contributed by atoms with van der Waals surface area (Å²) in [7, 11) is 0. The molecule has 0 amide bonds. The van der Waals surface area contributed by atoms with E-state index in [0.717, 1.165) is 22.5 Å². The summed E-state index contributed by atoms with van der Waals surface area (Å²) in [5.41, 5.74) is 2.95. The number of fused-ring (bicyclic) bond motifs is 3. The standard InChI is InChI=1S/C14H13BrNO2/c1-9-2-3-10-5-11(7-17)14-16(13(10)4-9)12(6-15)8-18-14/h2-5,7,12H,6,8H2,1H3/q+1. The van der Waals surface area contributed by atoms with Crippen LogP contribution in [0, 0.1) is 6.92 Å². The molecule has 3 nitrogen and oxygen atoms in total. The predicted molar refractivity (Wildman–Crippen MR) is 72.6 cm³/mol. The summed E-state index contributed by atoms with van der Waals surface area (Å²) >= 11 is 3.51. The van der Waals surface area contributed by atoms with Crippen LogP contribution in [0.3, 0.4) is 0 Å². The number of aromatic nitrogens is 1. The number of pyridine rings is 1. The van der Waals surface area contributed by atoms with E-state index in [-0.39, 0.29) is 6.04 Å². The molecule has 2 aromatic rings. The van der Waals surface area contributed by atoms with Gasteiger partial charge in [0.15, 0.2) is 12.9 Å². The first-order valence-electron chi connectivity index (χ1n) is 5.87. The molecule has 1 unspecified atom stereocenters. The van der Waals surface area contributed by atoms with Crippen molar-refractivity contribution in [1.82, 2.24) is 0 Å². The van der Waals surface area contributed by atoms with Crippen molar-refractivity contribution in [2.24, 2.45) is 0 Å². The summed E-state index contributed by atoms with van der Waals surface area (Å²) in [5.74, 6) is 0.688. The smallest absolute Gasteiger partial charge is 0.379 e. The minimum Gasteiger partial charge on any atom is -0.437 e. The molecule has 1 aromatic carbocycles. The molecule has 0 spiro atoms. The second kappa shape index (κ2) is 4.35. The lowest BCUT2D eigenvalue weighted by Crippen LogP contribution is -2.38. The fraction of sp³-hybridized carbons (Fsp3) is 0.286. The van der Waals surface area contributed by atoms with Crippen molar-refractivity contribution in [2.75, 3.05) is 11.9 Å². The van der Waals surface area contributed by atoms with Gasteiger partial charge in [-0.2, -0.15) is 4.57 Å². The lowest BCUT2D eigenvalue weighted by Gasteiger charge is -2.04. The monoisotopic (exact) mass is 306 g/mol. The van der Waals surface area contributed by atoms with Gasteiger partial charge in [0.25, 0.3) is 0 Å². The maximum Gasteiger partial charge on any atom is 0.379 e. The molecule has 1 aliphatic rings. The zero-order chi connectivity index (χ0) is 12.7. The summed E-state index contributed by atoms with van der Waals surface area (Å²) in [6, 6.07) is 8.38. The van der Waals surface area contributed by atoms with Gasteiger partial charge in [0.2, 0.25) is 11.6 Å². The Morgan fingerprint density at radius 2 is 2.33 bits per heavy atom. The highest BCUT2D eigenvalue weighted by Crippen LogP contribution is 2.27. The van der Waals surface area contributed by atoms with Crippen molar-refractivity contribution in [3.63, 3.8) is 0 Å². The Balaban J connectivity index is 2.40. The minimum atomic E-state index is 0.240. The van der Waals surface area contributed by atoms with Crippen LogP contribution in [-0.4, -0.2) is 18.2 Å². The first-order chi connectivity index (χ1) is 8.74. The van der Waals surface area contributed by atoms with E-state index in [4.69, 9.17) is 4.74 Å². The number of alkyl halides is 1. The lowest BCUT2D eigenvalue weighted by molar-refractivity contribution is -0.675. The Morgan fingerprint density at radius 3 is 3.06 bits per heavy atom. The van der Waals surface area contributed by atoms with Gasteiger partial charge in [-0.25, -0.2) is 0 Å². The number of aryl methyl sites for hydroxylation is 1. The van der Waals surface area contributed by atoms with Crippen LogP contribution in [0.25, 0.3) is 10.9 Å². The molecule has 92 valence electrons. The van der Waals surface area contributed by atoms with Gasteiger partial charge in [0.1, 0.15) is 5.56 Å². The summed E-state index contributed by atoms with van der Waals surface area (Å²) in [6.07, 6.45) is 0.863. The molecule has 0 aliphatic carbocycles. The lowest BCUT2D eigenvalue weighted by atomic mass is 10.1. The average molecular weight is 307 g/mol. The second-order valence-corrected chi connectivity index (χ2v) is 5.22. The van der Waals surface area contributed by atoms with Crippen LogP contribution >= 0.6 is 15.9 Å². The first-order valence-corrected chi connectivity index (χ1v) is 6.99. The zero-order valence-corrected chi connectivity index (χ0v) is 11.6. The van der Waals surface area contributed by atoms with E-state index in [2.05, 4.69) is 45.6 Å². The third-order valence-corrected chi connectivity index (χ3v) is 4.05. The number of nitrogens with zero attached hydrogens (tertiary/aromatic N) is 1. The molecule has 0 saturated heterocycles. The van der Waals surface area contributed by atoms with Crippen LogP contribution in [0.5, 0.6) is 5.88 Å². The van der Waals surface area contributed by atoms with Crippen LogP contribution in [-0.2, 0) is 0 Å². The number of benzene rings is 1. The van der Waals surface area contributed by atoms with Gasteiger partial charge in [0, 0.05) is 11.5 Å². The number of rotatable bonds is 2. The van der Waals surface area contributed by atoms with Crippen LogP contribution in [0.1, 0.15) is 22.0 Å². The van der Waals surface area contributed by atoms with E-state index in [1.54, 1.807) is 0 Å². The van der Waals surface area contributed by atoms with Gasteiger partial charge in [-0.1, -0.05) is 22.0 Å². The van der Waals surface area contributed by atoms with Crippen LogP contribution in [0.2, 0.25) is 0 Å². The average Bonchev–Trinajstić information content (AvgIpc) is 2.82. The highest BCUT2D eigenvalue weighted by atomic mass is 79.9. The summed E-state index contributed by atoms with van der Waals surface area (Å²) in [4.78, 5) is 11.2. The summed E-state index contributed by atoms with van der Waals surface area (Å²) in [5, 5.41) is 1.89. The van der Waals surface area contributed by atoms with E-state index >= 15 is 0 Å². The predicted octanol–water partition coefficient (Wildman–Crippen LogP) is 2.58. The molecule has 0 bridgehead atoms. The van der Waals surface area contributed by atoms with Crippen molar-refractivity contribution in [3.05, 3.63) is 35.4 Å². The molecule has 1 aliphatic heterocycles. The van der Waals surface area contributed by atoms with Crippen LogP contribution < -0.4 is 9.30 Å². The Hall–Kier alpha value is -1.42. The number of halogens is 1. The molecule has 0 radical (unpaired) electrons. The van der Waals surface area contributed by atoms with Crippen molar-refractivity contribution in [3.8, 4) is 5.88 Å². The fourth-order valence-electron chi connectivity index (χ4n) is 2.43. The summed E-state index contributed by atoms with van der Waals surface area (Å²) in [6.45, 7) is 2.68.